The van der Waals surface area contributed by atoms with Crippen molar-refractivity contribution in [3.8, 4) is 0 Å². The van der Waals surface area contributed by atoms with Crippen molar-refractivity contribution >= 4 is 11.9 Å². The Kier molecular flexibility index (Phi) is 7.20. The zero-order valence-corrected chi connectivity index (χ0v) is 15.5. The van der Waals surface area contributed by atoms with Gasteiger partial charge in [0.05, 0.1) is 12.1 Å². The van der Waals surface area contributed by atoms with Crippen LogP contribution in [0.2, 0.25) is 0 Å². The molecule has 1 aromatic carbocycles. The lowest BCUT2D eigenvalue weighted by atomic mass is 10.1. The highest BCUT2D eigenvalue weighted by molar-refractivity contribution is 5.95. The molecule has 3 amide bonds. The lowest BCUT2D eigenvalue weighted by Gasteiger charge is -2.34. The molecule has 1 heterocycles. The monoisotopic (exact) mass is 386 g/mol. The summed E-state index contributed by atoms with van der Waals surface area (Å²) in [4.78, 5) is 27.4. The molecule has 2 rings (SSSR count). The van der Waals surface area contributed by atoms with Crippen molar-refractivity contribution in [2.24, 2.45) is 0 Å². The second-order valence-corrected chi connectivity index (χ2v) is 6.92. The molecule has 0 aromatic heterocycles. The van der Waals surface area contributed by atoms with E-state index in [4.69, 9.17) is 0 Å². The van der Waals surface area contributed by atoms with Gasteiger partial charge in [0.25, 0.3) is 0 Å². The zero-order chi connectivity index (χ0) is 20.0. The summed E-state index contributed by atoms with van der Waals surface area (Å²) in [6, 6.07) is 4.63. The van der Waals surface area contributed by atoms with Gasteiger partial charge in [-0.3, -0.25) is 19.9 Å². The normalized spacial score (nSPS) is 16.4. The number of carbonyl (C=O) groups excluding carboxylic acids is 2. The van der Waals surface area contributed by atoms with Crippen molar-refractivity contribution in [1.82, 2.24) is 20.4 Å². The Labute approximate surface area is 156 Å². The quantitative estimate of drug-likeness (QED) is 0.813. The molecule has 1 aromatic rings. The number of benzene rings is 1. The average Bonchev–Trinajstić information content (AvgIpc) is 2.55. The van der Waals surface area contributed by atoms with Crippen LogP contribution in [0.3, 0.4) is 0 Å². The molecule has 0 bridgehead atoms. The Hall–Kier alpha value is -2.13. The number of urea groups is 1. The molecule has 2 N–H and O–H groups in total. The van der Waals surface area contributed by atoms with Gasteiger partial charge in [0.1, 0.15) is 0 Å². The van der Waals surface area contributed by atoms with Gasteiger partial charge in [0.2, 0.25) is 5.91 Å². The highest BCUT2D eigenvalue weighted by atomic mass is 19.4. The second-order valence-electron chi connectivity index (χ2n) is 6.92. The van der Waals surface area contributed by atoms with Crippen molar-refractivity contribution < 1.29 is 22.8 Å². The van der Waals surface area contributed by atoms with Crippen LogP contribution in [0.15, 0.2) is 24.3 Å². The van der Waals surface area contributed by atoms with E-state index in [0.29, 0.717) is 32.7 Å². The smallest absolute Gasteiger partial charge is 0.336 e. The van der Waals surface area contributed by atoms with Gasteiger partial charge >= 0.3 is 12.2 Å². The molecule has 27 heavy (non-hydrogen) atoms. The fraction of sp³-hybridized carbons (Fsp3) is 0.556. The van der Waals surface area contributed by atoms with Gasteiger partial charge in [-0.2, -0.15) is 13.2 Å². The first kappa shape index (κ1) is 21.2. The number of imide groups is 1. The number of piperazine rings is 1. The Morgan fingerprint density at radius 3 is 2.11 bits per heavy atom. The molecule has 1 aliphatic rings. The third-order valence-corrected chi connectivity index (χ3v) is 4.19. The van der Waals surface area contributed by atoms with Crippen LogP contribution < -0.4 is 10.6 Å². The van der Waals surface area contributed by atoms with Gasteiger partial charge in [-0.1, -0.05) is 12.1 Å². The van der Waals surface area contributed by atoms with Crippen molar-refractivity contribution in [1.29, 1.82) is 0 Å². The number of rotatable bonds is 5. The highest BCUT2D eigenvalue weighted by Crippen LogP contribution is 2.29. The predicted octanol–water partition coefficient (Wildman–Crippen LogP) is 2.06. The lowest BCUT2D eigenvalue weighted by molar-refractivity contribution is -0.137. The summed E-state index contributed by atoms with van der Waals surface area (Å²) in [5, 5.41) is 4.88. The van der Waals surface area contributed by atoms with Crippen LogP contribution in [-0.4, -0.2) is 60.5 Å². The number of hydrogen-bond donors (Lipinski definition) is 2. The number of amides is 3. The molecule has 0 unspecified atom stereocenters. The third kappa shape index (κ3) is 7.18. The topological polar surface area (TPSA) is 64.7 Å². The molecule has 6 nitrogen and oxygen atoms in total. The van der Waals surface area contributed by atoms with Gasteiger partial charge < -0.3 is 5.32 Å². The van der Waals surface area contributed by atoms with E-state index in [2.05, 4.69) is 15.5 Å². The van der Waals surface area contributed by atoms with Gasteiger partial charge in [0, 0.05) is 38.8 Å². The van der Waals surface area contributed by atoms with Crippen molar-refractivity contribution in [3.63, 3.8) is 0 Å². The van der Waals surface area contributed by atoms with Crippen molar-refractivity contribution in [2.45, 2.75) is 32.6 Å². The Bertz CT molecular complexity index is 639. The SMILES string of the molecule is CC(C)NC(=O)NC(=O)CN1CCN(Cc2ccc(C(F)(F)F)cc2)CC1. The Balaban J connectivity index is 1.73. The van der Waals surface area contributed by atoms with Crippen LogP contribution in [0.4, 0.5) is 18.0 Å². The van der Waals surface area contributed by atoms with Crippen LogP contribution in [0.1, 0.15) is 25.0 Å². The molecular weight excluding hydrogens is 361 g/mol. The minimum atomic E-state index is -4.32. The first-order chi connectivity index (χ1) is 12.6. The maximum absolute atomic E-state index is 12.6. The summed E-state index contributed by atoms with van der Waals surface area (Å²) >= 11 is 0. The number of nitrogens with one attached hydrogen (secondary N) is 2. The van der Waals surface area contributed by atoms with Crippen LogP contribution in [0, 0.1) is 0 Å². The van der Waals surface area contributed by atoms with Gasteiger partial charge in [-0.25, -0.2) is 4.79 Å². The molecular formula is C18H25F3N4O2. The molecule has 0 saturated carbocycles. The number of hydrogen-bond acceptors (Lipinski definition) is 4. The number of nitrogens with zero attached hydrogens (tertiary/aromatic N) is 2. The summed E-state index contributed by atoms with van der Waals surface area (Å²) in [6.45, 7) is 7.02. The maximum atomic E-state index is 12.6. The van der Waals surface area contributed by atoms with Crippen LogP contribution in [-0.2, 0) is 17.5 Å². The highest BCUT2D eigenvalue weighted by Gasteiger charge is 2.30. The van der Waals surface area contributed by atoms with Crippen LogP contribution in [0.25, 0.3) is 0 Å². The van der Waals surface area contributed by atoms with Gasteiger partial charge in [0.15, 0.2) is 0 Å². The number of halogens is 3. The molecule has 1 saturated heterocycles. The van der Waals surface area contributed by atoms with Crippen LogP contribution >= 0.6 is 0 Å². The molecule has 0 spiro atoms. The summed E-state index contributed by atoms with van der Waals surface area (Å²) in [5.74, 6) is -0.357. The largest absolute Gasteiger partial charge is 0.416 e. The van der Waals surface area contributed by atoms with E-state index < -0.39 is 17.8 Å². The Morgan fingerprint density at radius 1 is 1.04 bits per heavy atom. The molecule has 1 fully saturated rings. The first-order valence-electron chi connectivity index (χ1n) is 8.84. The number of alkyl halides is 3. The Morgan fingerprint density at radius 2 is 1.59 bits per heavy atom. The van der Waals surface area contributed by atoms with Crippen molar-refractivity contribution in [2.75, 3.05) is 32.7 Å². The lowest BCUT2D eigenvalue weighted by Crippen LogP contribution is -2.51. The molecule has 1 aliphatic heterocycles. The van der Waals surface area contributed by atoms with E-state index in [1.807, 2.05) is 4.90 Å². The van der Waals surface area contributed by atoms with Crippen LogP contribution in [0.5, 0.6) is 0 Å². The summed E-state index contributed by atoms with van der Waals surface area (Å²) in [7, 11) is 0. The minimum Gasteiger partial charge on any atom is -0.336 e. The average molecular weight is 386 g/mol. The van der Waals surface area contributed by atoms with E-state index >= 15 is 0 Å². The molecule has 9 heteroatoms. The van der Waals surface area contributed by atoms with E-state index in [1.54, 1.807) is 13.8 Å². The standard InChI is InChI=1S/C18H25F3N4O2/c1-13(2)22-17(27)23-16(26)12-25-9-7-24(8-10-25)11-14-3-5-15(6-4-14)18(19,20)21/h3-6,13H,7-12H2,1-2H3,(H2,22,23,26,27). The fourth-order valence-electron chi connectivity index (χ4n) is 2.83. The van der Waals surface area contributed by atoms with E-state index in [9.17, 15) is 22.8 Å². The first-order valence-corrected chi connectivity index (χ1v) is 8.84. The molecule has 0 aliphatic carbocycles. The third-order valence-electron chi connectivity index (χ3n) is 4.19. The number of carbonyl (C=O) groups is 2. The second kappa shape index (κ2) is 9.18. The van der Waals surface area contributed by atoms with E-state index in [-0.39, 0.29) is 18.5 Å². The van der Waals surface area contributed by atoms with Gasteiger partial charge in [-0.15, -0.1) is 0 Å². The fourth-order valence-corrected chi connectivity index (χ4v) is 2.83. The van der Waals surface area contributed by atoms with E-state index in [0.717, 1.165) is 17.7 Å². The van der Waals surface area contributed by atoms with E-state index in [1.165, 1.54) is 12.1 Å². The zero-order valence-electron chi connectivity index (χ0n) is 15.5. The minimum absolute atomic E-state index is 0.0495. The maximum Gasteiger partial charge on any atom is 0.416 e. The molecule has 150 valence electrons. The molecule has 0 radical (unpaired) electrons. The summed E-state index contributed by atoms with van der Waals surface area (Å²) in [5.41, 5.74) is 0.170. The molecule has 0 atom stereocenters. The predicted molar refractivity (Wildman–Crippen MR) is 95.0 cm³/mol. The summed E-state index contributed by atoms with van der Waals surface area (Å²) in [6.07, 6.45) is -4.32. The van der Waals surface area contributed by atoms with Crippen molar-refractivity contribution in [3.05, 3.63) is 35.4 Å². The van der Waals surface area contributed by atoms with Gasteiger partial charge in [-0.05, 0) is 31.5 Å². The summed E-state index contributed by atoms with van der Waals surface area (Å²) < 4.78 is 37.8.